The number of benzene rings is 1. The summed E-state index contributed by atoms with van der Waals surface area (Å²) in [4.78, 5) is 4.07. The van der Waals surface area contributed by atoms with Crippen LogP contribution in [-0.4, -0.2) is 11.0 Å². The Morgan fingerprint density at radius 3 is 2.54 bits per heavy atom. The molecular formula is C9H13ClN2O. The molecular weight excluding hydrogens is 188 g/mol. The summed E-state index contributed by atoms with van der Waals surface area (Å²) < 4.78 is 0. The molecule has 0 unspecified atom stereocenters. The molecule has 0 fully saturated rings. The lowest BCUT2D eigenvalue weighted by Gasteiger charge is -1.97. The molecule has 0 atom stereocenters. The second-order valence-corrected chi connectivity index (χ2v) is 2.50. The molecule has 1 rings (SSSR count). The minimum atomic E-state index is 0. The summed E-state index contributed by atoms with van der Waals surface area (Å²) >= 11 is 0. The summed E-state index contributed by atoms with van der Waals surface area (Å²) in [7, 11) is 0. The van der Waals surface area contributed by atoms with E-state index in [1.54, 1.807) is 6.92 Å². The molecule has 0 radical (unpaired) electrons. The molecule has 0 bridgehead atoms. The molecule has 0 aliphatic heterocycles. The number of nitrogens with zero attached hydrogens (tertiary/aromatic N) is 1. The van der Waals surface area contributed by atoms with Gasteiger partial charge in [0.05, 0.1) is 6.54 Å². The lowest BCUT2D eigenvalue weighted by atomic mass is 10.2. The van der Waals surface area contributed by atoms with Gasteiger partial charge in [-0.3, -0.25) is 15.7 Å². The van der Waals surface area contributed by atoms with Crippen LogP contribution in [-0.2, 0) is 6.54 Å². The number of aliphatic imine (C=N–C) groups is 1. The van der Waals surface area contributed by atoms with Crippen molar-refractivity contribution in [2.24, 2.45) is 4.99 Å². The largest absolute Gasteiger partial charge is 0.290 e. The van der Waals surface area contributed by atoms with E-state index in [-0.39, 0.29) is 12.4 Å². The number of halogens is 1. The number of hydrogen-bond acceptors (Lipinski definition) is 2. The average molecular weight is 201 g/mol. The molecule has 4 heteroatoms. The van der Waals surface area contributed by atoms with Gasteiger partial charge in [-0.05, 0) is 12.5 Å². The van der Waals surface area contributed by atoms with Crippen molar-refractivity contribution in [1.82, 2.24) is 5.48 Å². The Kier molecular flexibility index (Phi) is 5.93. The van der Waals surface area contributed by atoms with Gasteiger partial charge in [-0.25, -0.2) is 0 Å². The summed E-state index contributed by atoms with van der Waals surface area (Å²) in [6, 6.07) is 9.88. The van der Waals surface area contributed by atoms with Gasteiger partial charge in [-0.2, -0.15) is 0 Å². The van der Waals surface area contributed by atoms with E-state index in [0.717, 1.165) is 5.56 Å². The monoisotopic (exact) mass is 200 g/mol. The van der Waals surface area contributed by atoms with Gasteiger partial charge in [-0.1, -0.05) is 30.3 Å². The van der Waals surface area contributed by atoms with Crippen molar-refractivity contribution in [3.8, 4) is 0 Å². The molecule has 0 aliphatic rings. The smallest absolute Gasteiger partial charge is 0.117 e. The number of rotatable bonds is 2. The highest BCUT2D eigenvalue weighted by Gasteiger charge is 1.88. The highest BCUT2D eigenvalue weighted by atomic mass is 35.5. The predicted molar refractivity (Wildman–Crippen MR) is 55.4 cm³/mol. The molecule has 0 aliphatic carbocycles. The highest BCUT2D eigenvalue weighted by Crippen LogP contribution is 1.99. The summed E-state index contributed by atoms with van der Waals surface area (Å²) in [5.41, 5.74) is 3.12. The Bertz CT molecular complexity index is 262. The van der Waals surface area contributed by atoms with Crippen molar-refractivity contribution in [2.45, 2.75) is 13.5 Å². The Hall–Kier alpha value is -1.06. The fourth-order valence-electron chi connectivity index (χ4n) is 0.829. The van der Waals surface area contributed by atoms with Crippen LogP contribution in [0.25, 0.3) is 0 Å². The first-order valence-corrected chi connectivity index (χ1v) is 3.78. The van der Waals surface area contributed by atoms with Gasteiger partial charge in [0.25, 0.3) is 0 Å². The molecule has 0 saturated heterocycles. The summed E-state index contributed by atoms with van der Waals surface area (Å²) in [6.45, 7) is 2.31. The molecule has 0 saturated carbocycles. The normalized spacial score (nSPS) is 10.5. The lowest BCUT2D eigenvalue weighted by Crippen LogP contribution is -2.14. The van der Waals surface area contributed by atoms with E-state index in [0.29, 0.717) is 12.4 Å². The molecule has 0 heterocycles. The molecule has 2 N–H and O–H groups in total. The molecule has 0 amide bonds. The van der Waals surface area contributed by atoms with E-state index >= 15 is 0 Å². The van der Waals surface area contributed by atoms with Crippen molar-refractivity contribution in [3.63, 3.8) is 0 Å². The maximum atomic E-state index is 8.43. The van der Waals surface area contributed by atoms with E-state index in [1.807, 2.05) is 35.8 Å². The zero-order valence-corrected chi connectivity index (χ0v) is 8.21. The average Bonchev–Trinajstić information content (AvgIpc) is 2.16. The number of nitrogens with one attached hydrogen (secondary N) is 1. The molecule has 1 aromatic rings. The van der Waals surface area contributed by atoms with Crippen molar-refractivity contribution >= 4 is 18.2 Å². The van der Waals surface area contributed by atoms with Crippen LogP contribution >= 0.6 is 12.4 Å². The Balaban J connectivity index is 0.00000144. The second kappa shape index (κ2) is 6.46. The van der Waals surface area contributed by atoms with Gasteiger partial charge in [0.15, 0.2) is 0 Å². The fourth-order valence-corrected chi connectivity index (χ4v) is 0.829. The fraction of sp³-hybridized carbons (Fsp3) is 0.222. The van der Waals surface area contributed by atoms with Gasteiger partial charge >= 0.3 is 0 Å². The number of hydroxylamine groups is 1. The Morgan fingerprint density at radius 2 is 2.00 bits per heavy atom. The van der Waals surface area contributed by atoms with Crippen LogP contribution in [0.5, 0.6) is 0 Å². The van der Waals surface area contributed by atoms with Crippen LogP contribution in [0.3, 0.4) is 0 Å². The van der Waals surface area contributed by atoms with Crippen molar-refractivity contribution in [3.05, 3.63) is 35.9 Å². The van der Waals surface area contributed by atoms with Gasteiger partial charge in [0.1, 0.15) is 5.84 Å². The highest BCUT2D eigenvalue weighted by molar-refractivity contribution is 5.85. The Morgan fingerprint density at radius 1 is 1.38 bits per heavy atom. The summed E-state index contributed by atoms with van der Waals surface area (Å²) in [5.74, 6) is 0.527. The van der Waals surface area contributed by atoms with Crippen molar-refractivity contribution < 1.29 is 5.21 Å². The first kappa shape index (κ1) is 11.9. The first-order chi connectivity index (χ1) is 5.83. The second-order valence-electron chi connectivity index (χ2n) is 2.50. The third-order valence-corrected chi connectivity index (χ3v) is 1.50. The first-order valence-electron chi connectivity index (χ1n) is 3.78. The summed E-state index contributed by atoms with van der Waals surface area (Å²) in [6.07, 6.45) is 0. The number of amidine groups is 1. The van der Waals surface area contributed by atoms with Crippen LogP contribution in [0.1, 0.15) is 12.5 Å². The SMILES string of the molecule is CC(=NCc1ccccc1)NO.Cl. The topological polar surface area (TPSA) is 44.6 Å². The van der Waals surface area contributed by atoms with Gasteiger partial charge in [0, 0.05) is 0 Å². The van der Waals surface area contributed by atoms with Crippen LogP contribution in [0, 0.1) is 0 Å². The standard InChI is InChI=1S/C9H12N2O.ClH/c1-8(11-12)10-7-9-5-3-2-4-6-9;/h2-6,12H,7H2,1H3,(H,10,11);1H. The van der Waals surface area contributed by atoms with Gasteiger partial charge in [0.2, 0.25) is 0 Å². The van der Waals surface area contributed by atoms with E-state index in [4.69, 9.17) is 5.21 Å². The van der Waals surface area contributed by atoms with E-state index in [2.05, 4.69) is 4.99 Å². The van der Waals surface area contributed by atoms with E-state index in [9.17, 15) is 0 Å². The minimum Gasteiger partial charge on any atom is -0.290 e. The Labute approximate surface area is 83.9 Å². The third-order valence-electron chi connectivity index (χ3n) is 1.50. The van der Waals surface area contributed by atoms with Crippen LogP contribution < -0.4 is 5.48 Å². The summed E-state index contributed by atoms with van der Waals surface area (Å²) in [5, 5.41) is 8.43. The van der Waals surface area contributed by atoms with Gasteiger partial charge < -0.3 is 0 Å². The van der Waals surface area contributed by atoms with E-state index < -0.39 is 0 Å². The van der Waals surface area contributed by atoms with Crippen molar-refractivity contribution in [2.75, 3.05) is 0 Å². The zero-order chi connectivity index (χ0) is 8.81. The molecule has 1 aromatic carbocycles. The lowest BCUT2D eigenvalue weighted by molar-refractivity contribution is 0.233. The molecule has 0 spiro atoms. The number of hydrogen-bond donors (Lipinski definition) is 2. The van der Waals surface area contributed by atoms with Crippen molar-refractivity contribution in [1.29, 1.82) is 0 Å². The van der Waals surface area contributed by atoms with Gasteiger partial charge in [-0.15, -0.1) is 12.4 Å². The van der Waals surface area contributed by atoms with Crippen LogP contribution in [0.15, 0.2) is 35.3 Å². The maximum absolute atomic E-state index is 8.43. The predicted octanol–water partition coefficient (Wildman–Crippen LogP) is 2.01. The quantitative estimate of drug-likeness (QED) is 0.436. The molecule has 13 heavy (non-hydrogen) atoms. The minimum absolute atomic E-state index is 0. The van der Waals surface area contributed by atoms with E-state index in [1.165, 1.54) is 0 Å². The molecule has 72 valence electrons. The zero-order valence-electron chi connectivity index (χ0n) is 7.40. The third kappa shape index (κ3) is 4.50. The molecule has 3 nitrogen and oxygen atoms in total. The van der Waals surface area contributed by atoms with Crippen LogP contribution in [0.2, 0.25) is 0 Å². The maximum Gasteiger partial charge on any atom is 0.117 e. The molecule has 0 aromatic heterocycles. The van der Waals surface area contributed by atoms with Crippen LogP contribution in [0.4, 0.5) is 0 Å².